The second-order valence-electron chi connectivity index (χ2n) is 6.18. The third-order valence-electron chi connectivity index (χ3n) is 4.74. The van der Waals surface area contributed by atoms with Crippen LogP contribution in [0.3, 0.4) is 0 Å². The van der Waals surface area contributed by atoms with E-state index in [9.17, 15) is 0 Å². The molecule has 2 atom stereocenters. The molecule has 20 heavy (non-hydrogen) atoms. The third-order valence-corrected chi connectivity index (χ3v) is 5.92. The van der Waals surface area contributed by atoms with E-state index in [4.69, 9.17) is 15.6 Å². The van der Waals surface area contributed by atoms with Gasteiger partial charge < -0.3 is 10.5 Å². The molecule has 4 rings (SSSR count). The number of fused-ring (bicyclic) bond motifs is 1. The van der Waals surface area contributed by atoms with Crippen LogP contribution in [-0.4, -0.2) is 39.1 Å². The van der Waals surface area contributed by atoms with E-state index in [1.807, 2.05) is 4.52 Å². The minimum absolute atomic E-state index is 0.00115. The van der Waals surface area contributed by atoms with Crippen molar-refractivity contribution in [3.8, 4) is 0 Å². The zero-order valence-corrected chi connectivity index (χ0v) is 12.4. The first kappa shape index (κ1) is 12.7. The van der Waals surface area contributed by atoms with Crippen molar-refractivity contribution in [1.29, 1.82) is 0 Å². The molecule has 1 saturated carbocycles. The zero-order chi connectivity index (χ0) is 13.7. The zero-order valence-electron chi connectivity index (χ0n) is 11.6. The number of rotatable bonds is 2. The molecular formula is C13H19N5OS. The SMILES string of the molecule is CC1(c2nn3c(C4CCCC4)nnc3s2)COCC1N. The van der Waals surface area contributed by atoms with Crippen LogP contribution < -0.4 is 5.73 Å². The van der Waals surface area contributed by atoms with E-state index in [2.05, 4.69) is 17.1 Å². The Balaban J connectivity index is 1.76. The van der Waals surface area contributed by atoms with Crippen molar-refractivity contribution in [2.45, 2.75) is 50.0 Å². The normalized spacial score (nSPS) is 31.6. The van der Waals surface area contributed by atoms with E-state index < -0.39 is 0 Å². The molecule has 1 aliphatic heterocycles. The summed E-state index contributed by atoms with van der Waals surface area (Å²) >= 11 is 1.59. The maximum Gasteiger partial charge on any atom is 0.234 e. The standard InChI is InChI=1S/C13H19N5OS/c1-13(7-19-6-9(13)14)11-17-18-10(8-4-2-3-5-8)15-16-12(18)20-11/h8-9H,2-7,14H2,1H3. The summed E-state index contributed by atoms with van der Waals surface area (Å²) in [6.07, 6.45) is 4.97. The topological polar surface area (TPSA) is 78.3 Å². The van der Waals surface area contributed by atoms with Gasteiger partial charge in [0.15, 0.2) is 5.82 Å². The Bertz CT molecular complexity index is 632. The van der Waals surface area contributed by atoms with Crippen molar-refractivity contribution in [3.63, 3.8) is 0 Å². The lowest BCUT2D eigenvalue weighted by molar-refractivity contribution is 0.179. The Hall–Kier alpha value is -1.05. The van der Waals surface area contributed by atoms with Crippen LogP contribution in [-0.2, 0) is 10.2 Å². The van der Waals surface area contributed by atoms with Crippen LogP contribution in [0, 0.1) is 0 Å². The first-order chi connectivity index (χ1) is 9.68. The Morgan fingerprint density at radius 1 is 1.35 bits per heavy atom. The van der Waals surface area contributed by atoms with Gasteiger partial charge in [0.25, 0.3) is 0 Å². The molecule has 6 nitrogen and oxygen atoms in total. The Labute approximate surface area is 121 Å². The molecular weight excluding hydrogens is 274 g/mol. The van der Waals surface area contributed by atoms with E-state index in [1.165, 1.54) is 25.7 Å². The second-order valence-corrected chi connectivity index (χ2v) is 7.14. The average Bonchev–Trinajstić information content (AvgIpc) is 3.14. The van der Waals surface area contributed by atoms with Gasteiger partial charge in [-0.2, -0.15) is 9.61 Å². The molecule has 1 saturated heterocycles. The van der Waals surface area contributed by atoms with Gasteiger partial charge in [0.05, 0.1) is 18.6 Å². The predicted octanol–water partition coefficient (Wildman–Crippen LogP) is 1.46. The van der Waals surface area contributed by atoms with Crippen molar-refractivity contribution in [3.05, 3.63) is 10.8 Å². The Morgan fingerprint density at radius 2 is 2.15 bits per heavy atom. The minimum atomic E-state index is -0.196. The highest BCUT2D eigenvalue weighted by Gasteiger charge is 2.42. The van der Waals surface area contributed by atoms with E-state index in [0.717, 1.165) is 15.8 Å². The molecule has 0 aromatic carbocycles. The summed E-state index contributed by atoms with van der Waals surface area (Å²) in [6, 6.07) is 0.00115. The Morgan fingerprint density at radius 3 is 2.85 bits per heavy atom. The highest BCUT2D eigenvalue weighted by atomic mass is 32.1. The smallest absolute Gasteiger partial charge is 0.234 e. The van der Waals surface area contributed by atoms with Crippen LogP contribution in [0.1, 0.15) is 49.4 Å². The van der Waals surface area contributed by atoms with Crippen LogP contribution in [0.5, 0.6) is 0 Å². The van der Waals surface area contributed by atoms with Crippen LogP contribution in [0.2, 0.25) is 0 Å². The van der Waals surface area contributed by atoms with Gasteiger partial charge in [0.1, 0.15) is 5.01 Å². The number of nitrogens with two attached hydrogens (primary N) is 1. The van der Waals surface area contributed by atoms with Crippen molar-refractivity contribution in [2.75, 3.05) is 13.2 Å². The number of nitrogens with zero attached hydrogens (tertiary/aromatic N) is 4. The molecule has 108 valence electrons. The average molecular weight is 293 g/mol. The maximum atomic E-state index is 6.19. The summed E-state index contributed by atoms with van der Waals surface area (Å²) < 4.78 is 7.46. The largest absolute Gasteiger partial charge is 0.379 e. The van der Waals surface area contributed by atoms with Gasteiger partial charge in [0.2, 0.25) is 4.96 Å². The van der Waals surface area contributed by atoms with Gasteiger partial charge in [0, 0.05) is 12.0 Å². The van der Waals surface area contributed by atoms with Gasteiger partial charge in [-0.25, -0.2) is 0 Å². The lowest BCUT2D eigenvalue weighted by Crippen LogP contribution is -2.41. The molecule has 2 unspecified atom stereocenters. The lowest BCUT2D eigenvalue weighted by Gasteiger charge is -2.23. The summed E-state index contributed by atoms with van der Waals surface area (Å²) in [7, 11) is 0. The molecule has 2 aromatic heterocycles. The van der Waals surface area contributed by atoms with Crippen LogP contribution in [0.15, 0.2) is 0 Å². The van der Waals surface area contributed by atoms with Crippen molar-refractivity contribution >= 4 is 16.3 Å². The molecule has 1 aliphatic carbocycles. The summed E-state index contributed by atoms with van der Waals surface area (Å²) in [5, 5.41) is 14.4. The van der Waals surface area contributed by atoms with Crippen LogP contribution >= 0.6 is 11.3 Å². The molecule has 2 aromatic rings. The summed E-state index contributed by atoms with van der Waals surface area (Å²) in [4.78, 5) is 0.877. The van der Waals surface area contributed by atoms with Crippen molar-refractivity contribution < 1.29 is 4.74 Å². The first-order valence-electron chi connectivity index (χ1n) is 7.24. The molecule has 2 fully saturated rings. The number of ether oxygens (including phenoxy) is 1. The predicted molar refractivity (Wildman–Crippen MR) is 76.0 cm³/mol. The molecule has 0 bridgehead atoms. The maximum absolute atomic E-state index is 6.19. The van der Waals surface area contributed by atoms with E-state index >= 15 is 0 Å². The highest BCUT2D eigenvalue weighted by Crippen LogP contribution is 2.37. The van der Waals surface area contributed by atoms with Gasteiger partial charge in [-0.15, -0.1) is 10.2 Å². The second kappa shape index (κ2) is 4.47. The number of hydrogen-bond acceptors (Lipinski definition) is 6. The third kappa shape index (κ3) is 1.73. The molecule has 0 radical (unpaired) electrons. The van der Waals surface area contributed by atoms with Gasteiger partial charge >= 0.3 is 0 Å². The van der Waals surface area contributed by atoms with Crippen LogP contribution in [0.4, 0.5) is 0 Å². The molecule has 7 heteroatoms. The highest BCUT2D eigenvalue weighted by molar-refractivity contribution is 7.16. The van der Waals surface area contributed by atoms with E-state index in [1.54, 1.807) is 11.3 Å². The van der Waals surface area contributed by atoms with Crippen LogP contribution in [0.25, 0.3) is 4.96 Å². The van der Waals surface area contributed by atoms with Gasteiger partial charge in [-0.1, -0.05) is 24.2 Å². The molecule has 0 spiro atoms. The number of hydrogen-bond donors (Lipinski definition) is 1. The van der Waals surface area contributed by atoms with E-state index in [0.29, 0.717) is 19.1 Å². The fourth-order valence-corrected chi connectivity index (χ4v) is 4.25. The molecule has 2 aliphatic rings. The molecule has 2 N–H and O–H groups in total. The number of aromatic nitrogens is 4. The van der Waals surface area contributed by atoms with E-state index in [-0.39, 0.29) is 11.5 Å². The fraction of sp³-hybridized carbons (Fsp3) is 0.769. The summed E-state index contributed by atoms with van der Waals surface area (Å²) in [5.74, 6) is 1.54. The Kier molecular flexibility index (Phi) is 2.84. The van der Waals surface area contributed by atoms with Crippen molar-refractivity contribution in [1.82, 2.24) is 19.8 Å². The quantitative estimate of drug-likeness (QED) is 0.907. The lowest BCUT2D eigenvalue weighted by atomic mass is 9.87. The fourth-order valence-electron chi connectivity index (χ4n) is 3.21. The summed E-state index contributed by atoms with van der Waals surface area (Å²) in [5.41, 5.74) is 6.00. The molecule has 0 amide bonds. The summed E-state index contributed by atoms with van der Waals surface area (Å²) in [6.45, 7) is 3.37. The van der Waals surface area contributed by atoms with Gasteiger partial charge in [-0.05, 0) is 19.8 Å². The van der Waals surface area contributed by atoms with Crippen molar-refractivity contribution in [2.24, 2.45) is 5.73 Å². The van der Waals surface area contributed by atoms with Gasteiger partial charge in [-0.3, -0.25) is 0 Å². The molecule has 3 heterocycles. The monoisotopic (exact) mass is 293 g/mol. The minimum Gasteiger partial charge on any atom is -0.379 e. The first-order valence-corrected chi connectivity index (χ1v) is 8.06.